The van der Waals surface area contributed by atoms with E-state index >= 15 is 0 Å². The Kier molecular flexibility index (Phi) is 5.44. The molecule has 7 nitrogen and oxygen atoms in total. The fraction of sp³-hybridized carbons (Fsp3) is 0.750. The van der Waals surface area contributed by atoms with Gasteiger partial charge in [-0.2, -0.15) is 0 Å². The van der Waals surface area contributed by atoms with Crippen molar-refractivity contribution in [1.82, 2.24) is 0 Å². The molecule has 1 atom stereocenters. The Labute approximate surface area is 111 Å². The Hall–Kier alpha value is -1.47. The Morgan fingerprint density at radius 3 is 2.42 bits per heavy atom. The van der Waals surface area contributed by atoms with Gasteiger partial charge in [0.2, 0.25) is 0 Å². The number of carboxylic acids is 2. The van der Waals surface area contributed by atoms with E-state index in [2.05, 4.69) is 4.99 Å². The molecule has 0 spiro atoms. The van der Waals surface area contributed by atoms with Crippen molar-refractivity contribution in [2.45, 2.75) is 39.0 Å². The molecule has 0 aromatic rings. The number of hydrogen-bond donors (Lipinski definition) is 2. The van der Waals surface area contributed by atoms with Crippen LogP contribution in [-0.2, 0) is 19.1 Å². The number of hydrogen-bond acceptors (Lipinski definition) is 5. The van der Waals surface area contributed by atoms with Gasteiger partial charge in [-0.3, -0.25) is 9.79 Å². The largest absolute Gasteiger partial charge is 0.481 e. The summed E-state index contributed by atoms with van der Waals surface area (Å²) in [5, 5.41) is 17.3. The van der Waals surface area contributed by atoms with Crippen molar-refractivity contribution in [3.05, 3.63) is 0 Å². The fourth-order valence-electron chi connectivity index (χ4n) is 1.51. The van der Waals surface area contributed by atoms with Gasteiger partial charge in [0.15, 0.2) is 12.3 Å². The van der Waals surface area contributed by atoms with E-state index in [1.807, 2.05) is 13.8 Å². The molecule has 0 radical (unpaired) electrons. The molecule has 0 aliphatic carbocycles. The van der Waals surface area contributed by atoms with E-state index in [4.69, 9.17) is 19.7 Å². The van der Waals surface area contributed by atoms with Crippen LogP contribution in [0.5, 0.6) is 0 Å². The lowest BCUT2D eigenvalue weighted by atomic mass is 9.95. The summed E-state index contributed by atoms with van der Waals surface area (Å²) in [7, 11) is 0. The molecule has 1 rings (SSSR count). The summed E-state index contributed by atoms with van der Waals surface area (Å²) >= 11 is 0. The van der Waals surface area contributed by atoms with Gasteiger partial charge < -0.3 is 19.7 Å². The number of aliphatic carboxylic acids is 2. The van der Waals surface area contributed by atoms with Crippen molar-refractivity contribution < 1.29 is 29.3 Å². The third-order valence-corrected chi connectivity index (χ3v) is 2.56. The van der Waals surface area contributed by atoms with E-state index in [-0.39, 0.29) is 5.41 Å². The van der Waals surface area contributed by atoms with Gasteiger partial charge in [0.05, 0.1) is 19.6 Å². The van der Waals surface area contributed by atoms with E-state index in [0.717, 1.165) is 0 Å². The molecule has 0 aromatic carbocycles. The average molecular weight is 273 g/mol. The van der Waals surface area contributed by atoms with Crippen LogP contribution in [0.15, 0.2) is 4.99 Å². The highest BCUT2D eigenvalue weighted by Crippen LogP contribution is 2.23. The van der Waals surface area contributed by atoms with E-state index in [0.29, 0.717) is 19.6 Å². The van der Waals surface area contributed by atoms with Crippen LogP contribution in [0.4, 0.5) is 0 Å². The number of carbonyl (C=O) groups is 2. The second-order valence-corrected chi connectivity index (χ2v) is 5.24. The standard InChI is InChI=1S/C12H19NO6/c1-12(2)6-18-10(19-7-12)3-4-13-8(11(16)17)5-9(14)15/h4,8,10H,3,5-7H2,1-2H3,(H,14,15)(H,16,17)/t8-/m0/s1. The van der Waals surface area contributed by atoms with E-state index in [9.17, 15) is 9.59 Å². The summed E-state index contributed by atoms with van der Waals surface area (Å²) in [6.45, 7) is 5.15. The zero-order valence-corrected chi connectivity index (χ0v) is 11.0. The highest BCUT2D eigenvalue weighted by Gasteiger charge is 2.27. The van der Waals surface area contributed by atoms with Crippen LogP contribution >= 0.6 is 0 Å². The maximum atomic E-state index is 10.8. The summed E-state index contributed by atoms with van der Waals surface area (Å²) < 4.78 is 10.9. The zero-order valence-electron chi connectivity index (χ0n) is 11.0. The first-order chi connectivity index (χ1) is 8.80. The Balaban J connectivity index is 2.40. The molecular weight excluding hydrogens is 254 g/mol. The molecule has 1 saturated heterocycles. The first-order valence-corrected chi connectivity index (χ1v) is 5.99. The van der Waals surface area contributed by atoms with E-state index in [1.54, 1.807) is 0 Å². The first-order valence-electron chi connectivity index (χ1n) is 5.99. The van der Waals surface area contributed by atoms with Gasteiger partial charge in [-0.05, 0) is 0 Å². The van der Waals surface area contributed by atoms with Crippen molar-refractivity contribution in [3.63, 3.8) is 0 Å². The van der Waals surface area contributed by atoms with Gasteiger partial charge in [-0.1, -0.05) is 13.8 Å². The minimum atomic E-state index is -1.27. The van der Waals surface area contributed by atoms with Crippen LogP contribution < -0.4 is 0 Å². The smallest absolute Gasteiger partial charge is 0.329 e. The van der Waals surface area contributed by atoms with Crippen molar-refractivity contribution in [2.24, 2.45) is 10.4 Å². The first kappa shape index (κ1) is 15.6. The van der Waals surface area contributed by atoms with Crippen molar-refractivity contribution >= 4 is 18.2 Å². The molecule has 2 N–H and O–H groups in total. The zero-order chi connectivity index (χ0) is 14.5. The number of carboxylic acid groups (broad SMARTS) is 2. The summed E-state index contributed by atoms with van der Waals surface area (Å²) in [4.78, 5) is 25.0. The minimum Gasteiger partial charge on any atom is -0.481 e. The number of ether oxygens (including phenoxy) is 2. The van der Waals surface area contributed by atoms with Crippen molar-refractivity contribution in [2.75, 3.05) is 13.2 Å². The Bertz CT molecular complexity index is 355. The Morgan fingerprint density at radius 2 is 1.95 bits per heavy atom. The summed E-state index contributed by atoms with van der Waals surface area (Å²) in [5.41, 5.74) is -0.0272. The molecule has 108 valence electrons. The SMILES string of the molecule is CC1(C)COC(CC=N[C@@H](CC(=O)O)C(=O)O)OC1. The number of aliphatic imine (C=N–C) groups is 1. The Morgan fingerprint density at radius 1 is 1.37 bits per heavy atom. The number of rotatable bonds is 6. The van der Waals surface area contributed by atoms with Gasteiger partial charge in [-0.25, -0.2) is 4.79 Å². The quantitative estimate of drug-likeness (QED) is 0.692. The van der Waals surface area contributed by atoms with Gasteiger partial charge in [0, 0.05) is 18.1 Å². The molecule has 7 heteroatoms. The van der Waals surface area contributed by atoms with Crippen LogP contribution in [0.1, 0.15) is 26.7 Å². The minimum absolute atomic E-state index is 0.0272. The lowest BCUT2D eigenvalue weighted by Gasteiger charge is -2.34. The summed E-state index contributed by atoms with van der Waals surface area (Å²) in [5.74, 6) is -2.46. The van der Waals surface area contributed by atoms with E-state index in [1.165, 1.54) is 6.21 Å². The normalized spacial score (nSPS) is 21.4. The van der Waals surface area contributed by atoms with Crippen molar-refractivity contribution in [3.8, 4) is 0 Å². The molecule has 0 aromatic heterocycles. The maximum Gasteiger partial charge on any atom is 0.329 e. The molecule has 0 amide bonds. The fourth-order valence-corrected chi connectivity index (χ4v) is 1.51. The molecule has 1 aliphatic heterocycles. The monoisotopic (exact) mass is 273 g/mol. The van der Waals surface area contributed by atoms with Gasteiger partial charge in [0.25, 0.3) is 0 Å². The molecule has 1 fully saturated rings. The lowest BCUT2D eigenvalue weighted by molar-refractivity contribution is -0.217. The van der Waals surface area contributed by atoms with Gasteiger partial charge in [0.1, 0.15) is 0 Å². The summed E-state index contributed by atoms with van der Waals surface area (Å²) in [6, 6.07) is -1.27. The number of nitrogens with zero attached hydrogens (tertiary/aromatic N) is 1. The predicted molar refractivity (Wildman–Crippen MR) is 66.3 cm³/mol. The topological polar surface area (TPSA) is 105 Å². The van der Waals surface area contributed by atoms with Crippen LogP contribution in [0.25, 0.3) is 0 Å². The van der Waals surface area contributed by atoms with Crippen molar-refractivity contribution in [1.29, 1.82) is 0 Å². The summed E-state index contributed by atoms with van der Waals surface area (Å²) in [6.07, 6.45) is 0.672. The average Bonchev–Trinajstić information content (AvgIpc) is 2.29. The highest BCUT2D eigenvalue weighted by atomic mass is 16.7. The molecule has 0 unspecified atom stereocenters. The molecule has 19 heavy (non-hydrogen) atoms. The van der Waals surface area contributed by atoms with E-state index < -0.39 is 30.7 Å². The van der Waals surface area contributed by atoms with Gasteiger partial charge in [-0.15, -0.1) is 0 Å². The van der Waals surface area contributed by atoms with Crippen LogP contribution in [0.3, 0.4) is 0 Å². The van der Waals surface area contributed by atoms with Crippen LogP contribution in [-0.4, -0.2) is 53.9 Å². The van der Waals surface area contributed by atoms with Gasteiger partial charge >= 0.3 is 11.9 Å². The lowest BCUT2D eigenvalue weighted by Crippen LogP contribution is -2.37. The molecule has 0 bridgehead atoms. The predicted octanol–water partition coefficient (Wildman–Crippen LogP) is 0.774. The second kappa shape index (κ2) is 6.63. The molecule has 1 heterocycles. The molecule has 0 saturated carbocycles. The molecule has 1 aliphatic rings. The highest BCUT2D eigenvalue weighted by molar-refractivity contribution is 5.82. The third kappa shape index (κ3) is 5.80. The maximum absolute atomic E-state index is 10.8. The molecular formula is C12H19NO6. The van der Waals surface area contributed by atoms with Crippen LogP contribution in [0.2, 0.25) is 0 Å². The second-order valence-electron chi connectivity index (χ2n) is 5.24. The van der Waals surface area contributed by atoms with Crippen LogP contribution in [0, 0.1) is 5.41 Å². The third-order valence-electron chi connectivity index (χ3n) is 2.56.